The van der Waals surface area contributed by atoms with Crippen LogP contribution in [0.25, 0.3) is 0 Å². The van der Waals surface area contributed by atoms with Crippen molar-refractivity contribution in [2.45, 2.75) is 50.6 Å². The summed E-state index contributed by atoms with van der Waals surface area (Å²) in [6.45, 7) is 4.27. The zero-order valence-corrected chi connectivity index (χ0v) is 13.2. The summed E-state index contributed by atoms with van der Waals surface area (Å²) in [6, 6.07) is 0. The van der Waals surface area contributed by atoms with Gasteiger partial charge in [-0.1, -0.05) is 13.8 Å². The Hall–Kier alpha value is -0.660. The van der Waals surface area contributed by atoms with Gasteiger partial charge in [0.15, 0.2) is 0 Å². The summed E-state index contributed by atoms with van der Waals surface area (Å²) in [5.41, 5.74) is 0. The molecule has 7 heteroatoms. The molecule has 0 aromatic heterocycles. The molecule has 0 radical (unpaired) electrons. The van der Waals surface area contributed by atoms with Crippen LogP contribution in [0.3, 0.4) is 0 Å². The van der Waals surface area contributed by atoms with Gasteiger partial charge in [0.2, 0.25) is 0 Å². The van der Waals surface area contributed by atoms with E-state index in [1.807, 2.05) is 13.8 Å². The largest absolute Gasteiger partial charge is 0.463 e. The van der Waals surface area contributed by atoms with Crippen molar-refractivity contribution in [2.75, 3.05) is 13.2 Å². The number of carbonyl (C=O) groups excluding carboxylic acids is 1. The number of carbonyl (C=O) groups is 1. The molecule has 6 nitrogen and oxygen atoms in total. The standard InChI is InChI=1S/C14H22O6S/c1-3-8(2)14(15)19-5-4-18-12-9-6-10-11(7-9)21(16,17)20-13(10)12/h8-13H,3-7H2,1-2H3. The highest BCUT2D eigenvalue weighted by molar-refractivity contribution is 7.87. The number of hydrogen-bond donors (Lipinski definition) is 0. The Labute approximate surface area is 125 Å². The van der Waals surface area contributed by atoms with E-state index >= 15 is 0 Å². The van der Waals surface area contributed by atoms with Crippen LogP contribution < -0.4 is 0 Å². The Morgan fingerprint density at radius 1 is 1.33 bits per heavy atom. The van der Waals surface area contributed by atoms with Crippen molar-refractivity contribution in [3.8, 4) is 0 Å². The fraction of sp³-hybridized carbons (Fsp3) is 0.929. The first-order valence-electron chi connectivity index (χ1n) is 7.64. The molecule has 1 aliphatic heterocycles. The summed E-state index contributed by atoms with van der Waals surface area (Å²) < 4.78 is 39.7. The third kappa shape index (κ3) is 2.59. The van der Waals surface area contributed by atoms with Crippen LogP contribution in [0.4, 0.5) is 0 Å². The van der Waals surface area contributed by atoms with Crippen molar-refractivity contribution in [3.63, 3.8) is 0 Å². The molecule has 1 heterocycles. The maximum atomic E-state index is 11.8. The summed E-state index contributed by atoms with van der Waals surface area (Å²) in [4.78, 5) is 11.5. The van der Waals surface area contributed by atoms with Gasteiger partial charge < -0.3 is 9.47 Å². The van der Waals surface area contributed by atoms with Gasteiger partial charge in [0.05, 0.1) is 23.9 Å². The lowest BCUT2D eigenvalue weighted by atomic mass is 9.94. The van der Waals surface area contributed by atoms with Crippen molar-refractivity contribution in [1.82, 2.24) is 0 Å². The first-order chi connectivity index (χ1) is 9.94. The van der Waals surface area contributed by atoms with Crippen molar-refractivity contribution in [3.05, 3.63) is 0 Å². The van der Waals surface area contributed by atoms with Crippen molar-refractivity contribution in [1.29, 1.82) is 0 Å². The highest BCUT2D eigenvalue weighted by Gasteiger charge is 2.64. The minimum atomic E-state index is -3.39. The molecule has 2 aliphatic carbocycles. The second-order valence-corrected chi connectivity index (χ2v) is 8.08. The monoisotopic (exact) mass is 318 g/mol. The molecular formula is C14H22O6S. The van der Waals surface area contributed by atoms with E-state index in [9.17, 15) is 13.2 Å². The summed E-state index contributed by atoms with van der Waals surface area (Å²) >= 11 is 0. The molecule has 3 aliphatic rings. The van der Waals surface area contributed by atoms with Gasteiger partial charge in [-0.25, -0.2) is 0 Å². The van der Waals surface area contributed by atoms with Gasteiger partial charge in [0, 0.05) is 5.92 Å². The van der Waals surface area contributed by atoms with E-state index in [0.717, 1.165) is 12.8 Å². The Morgan fingerprint density at radius 2 is 2.10 bits per heavy atom. The number of fused-ring (bicyclic) bond motifs is 1. The molecule has 0 N–H and O–H groups in total. The molecule has 1 saturated heterocycles. The maximum Gasteiger partial charge on any atom is 0.308 e. The summed E-state index contributed by atoms with van der Waals surface area (Å²) in [7, 11) is -3.39. The Kier molecular flexibility index (Phi) is 4.00. The van der Waals surface area contributed by atoms with Gasteiger partial charge in [-0.2, -0.15) is 8.42 Å². The molecule has 120 valence electrons. The number of hydrogen-bond acceptors (Lipinski definition) is 6. The molecule has 6 atom stereocenters. The van der Waals surface area contributed by atoms with Crippen LogP contribution in [0.5, 0.6) is 0 Å². The molecule has 3 rings (SSSR count). The van der Waals surface area contributed by atoms with E-state index in [4.69, 9.17) is 13.7 Å². The fourth-order valence-corrected chi connectivity index (χ4v) is 5.63. The highest BCUT2D eigenvalue weighted by Crippen LogP contribution is 2.55. The Balaban J connectivity index is 1.47. The van der Waals surface area contributed by atoms with E-state index in [0.29, 0.717) is 13.0 Å². The first-order valence-corrected chi connectivity index (χ1v) is 9.11. The third-order valence-electron chi connectivity index (χ3n) is 5.07. The van der Waals surface area contributed by atoms with Crippen LogP contribution in [-0.4, -0.2) is 45.1 Å². The third-order valence-corrected chi connectivity index (χ3v) is 6.84. The predicted octanol–water partition coefficient (Wildman–Crippen LogP) is 1.10. The second-order valence-electron chi connectivity index (χ2n) is 6.30. The van der Waals surface area contributed by atoms with Crippen LogP contribution in [-0.2, 0) is 28.6 Å². The minimum absolute atomic E-state index is 0.0904. The molecule has 2 bridgehead atoms. The molecule has 3 fully saturated rings. The Bertz CT molecular complexity index is 516. The van der Waals surface area contributed by atoms with Crippen molar-refractivity contribution in [2.24, 2.45) is 17.8 Å². The average molecular weight is 318 g/mol. The van der Waals surface area contributed by atoms with E-state index in [2.05, 4.69) is 0 Å². The van der Waals surface area contributed by atoms with E-state index in [-0.39, 0.29) is 47.8 Å². The molecular weight excluding hydrogens is 296 g/mol. The van der Waals surface area contributed by atoms with Gasteiger partial charge in [-0.3, -0.25) is 8.98 Å². The number of rotatable bonds is 6. The van der Waals surface area contributed by atoms with Gasteiger partial charge in [0.1, 0.15) is 12.7 Å². The average Bonchev–Trinajstić information content (AvgIpc) is 3.05. The van der Waals surface area contributed by atoms with Crippen LogP contribution in [0.15, 0.2) is 0 Å². The van der Waals surface area contributed by atoms with Crippen LogP contribution in [0, 0.1) is 17.8 Å². The zero-order chi connectivity index (χ0) is 15.2. The molecule has 0 spiro atoms. The van der Waals surface area contributed by atoms with Crippen molar-refractivity contribution < 1.29 is 26.9 Å². The zero-order valence-electron chi connectivity index (χ0n) is 12.4. The fourth-order valence-electron chi connectivity index (χ4n) is 3.75. The SMILES string of the molecule is CCC(C)C(=O)OCCOC1C2CC3C1OS(=O)(=O)C3C2. The topological polar surface area (TPSA) is 78.9 Å². The van der Waals surface area contributed by atoms with Gasteiger partial charge in [-0.05, 0) is 25.2 Å². The van der Waals surface area contributed by atoms with Gasteiger partial charge in [0.25, 0.3) is 10.1 Å². The quantitative estimate of drug-likeness (QED) is 0.414. The Morgan fingerprint density at radius 3 is 2.81 bits per heavy atom. The molecule has 2 saturated carbocycles. The van der Waals surface area contributed by atoms with Gasteiger partial charge in [-0.15, -0.1) is 0 Å². The molecule has 0 amide bonds. The van der Waals surface area contributed by atoms with E-state index < -0.39 is 10.1 Å². The smallest absolute Gasteiger partial charge is 0.308 e. The number of ether oxygens (including phenoxy) is 2. The summed E-state index contributed by atoms with van der Waals surface area (Å²) in [5, 5.41) is -0.324. The molecule has 6 unspecified atom stereocenters. The minimum Gasteiger partial charge on any atom is -0.463 e. The summed E-state index contributed by atoms with van der Waals surface area (Å²) in [6.07, 6.45) is 1.75. The second kappa shape index (κ2) is 5.52. The molecule has 0 aromatic carbocycles. The van der Waals surface area contributed by atoms with E-state index in [1.54, 1.807) is 0 Å². The number of esters is 1. The lowest BCUT2D eigenvalue weighted by Crippen LogP contribution is -2.36. The van der Waals surface area contributed by atoms with Crippen LogP contribution >= 0.6 is 0 Å². The molecule has 0 aromatic rings. The lowest BCUT2D eigenvalue weighted by molar-refractivity contribution is -0.151. The maximum absolute atomic E-state index is 11.8. The van der Waals surface area contributed by atoms with Crippen LogP contribution in [0.2, 0.25) is 0 Å². The van der Waals surface area contributed by atoms with Crippen molar-refractivity contribution >= 4 is 16.1 Å². The van der Waals surface area contributed by atoms with Gasteiger partial charge >= 0.3 is 5.97 Å². The van der Waals surface area contributed by atoms with E-state index in [1.165, 1.54) is 0 Å². The first kappa shape index (κ1) is 15.2. The summed E-state index contributed by atoms with van der Waals surface area (Å²) in [5.74, 6) is 0.0329. The lowest BCUT2D eigenvalue weighted by Gasteiger charge is -2.25. The normalized spacial score (nSPS) is 40.4. The highest BCUT2D eigenvalue weighted by atomic mass is 32.2. The molecule has 21 heavy (non-hydrogen) atoms. The predicted molar refractivity (Wildman–Crippen MR) is 73.9 cm³/mol. The van der Waals surface area contributed by atoms with Crippen LogP contribution in [0.1, 0.15) is 33.1 Å².